The zero-order chi connectivity index (χ0) is 17.2. The standard InChI is InChI=1S/C17H23NO5S/c1-21-14-5-3-12(4-6-14)10-18-15(11-24-16(18)20)17(22-2)9-13(19)7-8-23-17/h3-6,13,15,19H,7-11H2,1-2H3/t13?,15-,17?/m0/s1. The summed E-state index contributed by atoms with van der Waals surface area (Å²) in [5, 5.41) is 10.1. The van der Waals surface area contributed by atoms with Gasteiger partial charge in [-0.3, -0.25) is 4.79 Å². The molecule has 3 rings (SSSR count). The van der Waals surface area contributed by atoms with Gasteiger partial charge >= 0.3 is 0 Å². The molecule has 24 heavy (non-hydrogen) atoms. The average Bonchev–Trinajstić information content (AvgIpc) is 2.97. The summed E-state index contributed by atoms with van der Waals surface area (Å²) in [6.07, 6.45) is 0.501. The lowest BCUT2D eigenvalue weighted by molar-refractivity contribution is -0.280. The SMILES string of the molecule is COc1ccc(CN2C(=O)SC[C@H]2C2(OC)CC(O)CCO2)cc1. The maximum atomic E-state index is 12.4. The molecule has 0 saturated carbocycles. The van der Waals surface area contributed by atoms with Crippen LogP contribution in [0.5, 0.6) is 5.75 Å². The van der Waals surface area contributed by atoms with E-state index in [1.807, 2.05) is 24.3 Å². The van der Waals surface area contributed by atoms with Crippen molar-refractivity contribution in [3.05, 3.63) is 29.8 Å². The van der Waals surface area contributed by atoms with Crippen molar-refractivity contribution in [1.82, 2.24) is 4.90 Å². The van der Waals surface area contributed by atoms with E-state index in [9.17, 15) is 9.90 Å². The summed E-state index contributed by atoms with van der Waals surface area (Å²) in [5.41, 5.74) is 1.01. The summed E-state index contributed by atoms with van der Waals surface area (Å²) in [4.78, 5) is 14.2. The van der Waals surface area contributed by atoms with Crippen LogP contribution in [0.15, 0.2) is 24.3 Å². The van der Waals surface area contributed by atoms with E-state index in [0.29, 0.717) is 31.7 Å². The Labute approximate surface area is 146 Å². The van der Waals surface area contributed by atoms with Crippen LogP contribution in [0.25, 0.3) is 0 Å². The van der Waals surface area contributed by atoms with E-state index in [1.165, 1.54) is 11.8 Å². The van der Waals surface area contributed by atoms with Gasteiger partial charge < -0.3 is 24.2 Å². The largest absolute Gasteiger partial charge is 0.497 e. The number of hydrogen-bond donors (Lipinski definition) is 1. The number of nitrogens with zero attached hydrogens (tertiary/aromatic N) is 1. The van der Waals surface area contributed by atoms with E-state index in [1.54, 1.807) is 19.1 Å². The minimum absolute atomic E-state index is 0.0101. The molecule has 132 valence electrons. The Hall–Kier alpha value is -1.28. The number of benzene rings is 1. The van der Waals surface area contributed by atoms with Crippen LogP contribution in [-0.2, 0) is 16.0 Å². The predicted molar refractivity (Wildman–Crippen MR) is 91.1 cm³/mol. The topological polar surface area (TPSA) is 68.2 Å². The smallest absolute Gasteiger partial charge is 0.282 e. The normalized spacial score (nSPS) is 30.6. The molecule has 0 aliphatic carbocycles. The third-order valence-corrected chi connectivity index (χ3v) is 5.62. The first-order valence-corrected chi connectivity index (χ1v) is 9.00. The van der Waals surface area contributed by atoms with Crippen LogP contribution in [0, 0.1) is 0 Å². The number of methoxy groups -OCH3 is 2. The van der Waals surface area contributed by atoms with Crippen molar-refractivity contribution in [2.75, 3.05) is 26.6 Å². The van der Waals surface area contributed by atoms with Gasteiger partial charge in [-0.2, -0.15) is 0 Å². The highest BCUT2D eigenvalue weighted by molar-refractivity contribution is 8.13. The summed E-state index contributed by atoms with van der Waals surface area (Å²) < 4.78 is 16.8. The molecule has 2 saturated heterocycles. The molecule has 7 heteroatoms. The molecule has 3 atom stereocenters. The zero-order valence-corrected chi connectivity index (χ0v) is 14.8. The number of amides is 1. The minimum atomic E-state index is -0.941. The van der Waals surface area contributed by atoms with Crippen LogP contribution >= 0.6 is 11.8 Å². The molecule has 1 N–H and O–H groups in total. The number of ether oxygens (including phenoxy) is 3. The molecule has 0 aromatic heterocycles. The Morgan fingerprint density at radius 2 is 2.12 bits per heavy atom. The second-order valence-corrected chi connectivity index (χ2v) is 7.05. The van der Waals surface area contributed by atoms with E-state index in [0.717, 1.165) is 11.3 Å². The van der Waals surface area contributed by atoms with Crippen molar-refractivity contribution in [2.24, 2.45) is 0 Å². The van der Waals surface area contributed by atoms with Crippen molar-refractivity contribution in [3.63, 3.8) is 0 Å². The van der Waals surface area contributed by atoms with E-state index in [4.69, 9.17) is 14.2 Å². The fourth-order valence-electron chi connectivity index (χ4n) is 3.28. The molecule has 2 heterocycles. The quantitative estimate of drug-likeness (QED) is 0.876. The predicted octanol–water partition coefficient (Wildman–Crippen LogP) is 2.25. The Bertz CT molecular complexity index is 581. The number of carbonyl (C=O) groups excluding carboxylic acids is 1. The van der Waals surface area contributed by atoms with Crippen molar-refractivity contribution >= 4 is 17.0 Å². The number of thioether (sulfide) groups is 1. The monoisotopic (exact) mass is 353 g/mol. The number of rotatable bonds is 5. The van der Waals surface area contributed by atoms with Gasteiger partial charge in [0.15, 0.2) is 5.79 Å². The number of hydrogen-bond acceptors (Lipinski definition) is 6. The highest BCUT2D eigenvalue weighted by atomic mass is 32.2. The van der Waals surface area contributed by atoms with Gasteiger partial charge in [0, 0.05) is 25.8 Å². The van der Waals surface area contributed by atoms with Crippen molar-refractivity contribution in [3.8, 4) is 5.75 Å². The van der Waals surface area contributed by atoms with Crippen LogP contribution in [0.3, 0.4) is 0 Å². The summed E-state index contributed by atoms with van der Waals surface area (Å²) in [7, 11) is 3.21. The second kappa shape index (κ2) is 7.31. The summed E-state index contributed by atoms with van der Waals surface area (Å²) in [5.74, 6) is 0.434. The molecule has 0 radical (unpaired) electrons. The fraction of sp³-hybridized carbons (Fsp3) is 0.588. The van der Waals surface area contributed by atoms with Gasteiger partial charge in [0.05, 0.1) is 25.9 Å². The highest BCUT2D eigenvalue weighted by Crippen LogP contribution is 2.39. The molecule has 6 nitrogen and oxygen atoms in total. The summed E-state index contributed by atoms with van der Waals surface area (Å²) in [6.45, 7) is 0.909. The van der Waals surface area contributed by atoms with Crippen LogP contribution in [0.4, 0.5) is 4.79 Å². The molecule has 2 aliphatic heterocycles. The summed E-state index contributed by atoms with van der Waals surface area (Å²) >= 11 is 1.27. The first kappa shape index (κ1) is 17.5. The third kappa shape index (κ3) is 3.39. The minimum Gasteiger partial charge on any atom is -0.497 e. The van der Waals surface area contributed by atoms with Gasteiger partial charge in [0.1, 0.15) is 5.75 Å². The van der Waals surface area contributed by atoms with E-state index < -0.39 is 11.9 Å². The van der Waals surface area contributed by atoms with Crippen LogP contribution in [-0.4, -0.2) is 59.8 Å². The van der Waals surface area contributed by atoms with Gasteiger partial charge in [-0.05, 0) is 24.1 Å². The van der Waals surface area contributed by atoms with Crippen LogP contribution < -0.4 is 4.74 Å². The first-order chi connectivity index (χ1) is 11.6. The first-order valence-electron chi connectivity index (χ1n) is 8.01. The molecular formula is C17H23NO5S. The van der Waals surface area contributed by atoms with Crippen molar-refractivity contribution in [2.45, 2.75) is 37.3 Å². The average molecular weight is 353 g/mol. The maximum absolute atomic E-state index is 12.4. The van der Waals surface area contributed by atoms with Gasteiger partial charge in [0.2, 0.25) is 0 Å². The Morgan fingerprint density at radius 3 is 2.75 bits per heavy atom. The van der Waals surface area contributed by atoms with E-state index in [2.05, 4.69) is 0 Å². The zero-order valence-electron chi connectivity index (χ0n) is 13.9. The molecular weight excluding hydrogens is 330 g/mol. The second-order valence-electron chi connectivity index (χ2n) is 6.08. The third-order valence-electron chi connectivity index (χ3n) is 4.66. The van der Waals surface area contributed by atoms with Crippen LogP contribution in [0.1, 0.15) is 18.4 Å². The summed E-state index contributed by atoms with van der Waals surface area (Å²) in [6, 6.07) is 7.43. The maximum Gasteiger partial charge on any atom is 0.282 e. The number of aliphatic hydroxyl groups excluding tert-OH is 1. The Balaban J connectivity index is 1.80. The van der Waals surface area contributed by atoms with Gasteiger partial charge in [-0.25, -0.2) is 0 Å². The molecule has 0 bridgehead atoms. The van der Waals surface area contributed by atoms with E-state index in [-0.39, 0.29) is 11.3 Å². The van der Waals surface area contributed by atoms with Crippen LogP contribution in [0.2, 0.25) is 0 Å². The number of aliphatic hydroxyl groups is 1. The molecule has 1 amide bonds. The molecule has 0 spiro atoms. The number of carbonyl (C=O) groups is 1. The molecule has 2 aliphatic rings. The van der Waals surface area contributed by atoms with Crippen molar-refractivity contribution < 1.29 is 24.1 Å². The van der Waals surface area contributed by atoms with E-state index >= 15 is 0 Å². The van der Waals surface area contributed by atoms with Crippen molar-refractivity contribution in [1.29, 1.82) is 0 Å². The van der Waals surface area contributed by atoms with Gasteiger partial charge in [-0.15, -0.1) is 0 Å². The Kier molecular flexibility index (Phi) is 5.34. The fourth-order valence-corrected chi connectivity index (χ4v) is 4.38. The molecule has 1 aromatic carbocycles. The van der Waals surface area contributed by atoms with Gasteiger partial charge in [0.25, 0.3) is 5.24 Å². The molecule has 1 aromatic rings. The lowest BCUT2D eigenvalue weighted by Gasteiger charge is -2.44. The lowest BCUT2D eigenvalue weighted by atomic mass is 9.95. The van der Waals surface area contributed by atoms with Gasteiger partial charge in [-0.1, -0.05) is 23.9 Å². The molecule has 2 unspecified atom stereocenters. The highest BCUT2D eigenvalue weighted by Gasteiger charge is 2.51. The lowest BCUT2D eigenvalue weighted by Crippen LogP contribution is -2.58. The Morgan fingerprint density at radius 1 is 1.38 bits per heavy atom. The molecule has 2 fully saturated rings.